The molecule has 104 valence electrons. The third-order valence-corrected chi connectivity index (χ3v) is 5.00. The normalized spacial score (nSPS) is 21.2. The van der Waals surface area contributed by atoms with Gasteiger partial charge in [-0.3, -0.25) is 4.79 Å². The molecular weight excluding hydrogens is 260 g/mol. The highest BCUT2D eigenvalue weighted by Crippen LogP contribution is 2.27. The molecule has 0 atom stereocenters. The van der Waals surface area contributed by atoms with Crippen LogP contribution in [-0.2, 0) is 4.79 Å². The zero-order chi connectivity index (χ0) is 13.2. The van der Waals surface area contributed by atoms with Gasteiger partial charge in [0.2, 0.25) is 11.0 Å². The Hall–Kier alpha value is -1.17. The van der Waals surface area contributed by atoms with Crippen LogP contribution in [0.4, 0.5) is 5.13 Å². The summed E-state index contributed by atoms with van der Waals surface area (Å²) in [6.07, 6.45) is 5.39. The van der Waals surface area contributed by atoms with E-state index in [9.17, 15) is 4.79 Å². The first-order chi connectivity index (χ1) is 9.22. The fourth-order valence-corrected chi connectivity index (χ4v) is 3.36. The number of nitrogens with zero attached hydrogens (tertiary/aromatic N) is 3. The third-order valence-electron chi connectivity index (χ3n) is 4.10. The molecule has 0 bridgehead atoms. The van der Waals surface area contributed by atoms with E-state index in [1.165, 1.54) is 6.42 Å². The van der Waals surface area contributed by atoms with E-state index in [-0.39, 0.29) is 5.91 Å². The number of aromatic nitrogens is 2. The summed E-state index contributed by atoms with van der Waals surface area (Å²) in [4.78, 5) is 14.2. The highest BCUT2D eigenvalue weighted by atomic mass is 32.1. The fourth-order valence-electron chi connectivity index (χ4n) is 2.62. The van der Waals surface area contributed by atoms with E-state index in [0.29, 0.717) is 12.0 Å². The van der Waals surface area contributed by atoms with Crippen LogP contribution in [0, 0.1) is 12.8 Å². The molecule has 1 aromatic heterocycles. The van der Waals surface area contributed by atoms with E-state index in [4.69, 9.17) is 0 Å². The van der Waals surface area contributed by atoms with Gasteiger partial charge in [0.25, 0.3) is 0 Å². The quantitative estimate of drug-likeness (QED) is 0.916. The molecule has 6 heteroatoms. The van der Waals surface area contributed by atoms with Crippen molar-refractivity contribution in [1.29, 1.82) is 0 Å². The Morgan fingerprint density at radius 2 is 2.00 bits per heavy atom. The topological polar surface area (TPSA) is 58.1 Å². The highest BCUT2D eigenvalue weighted by molar-refractivity contribution is 7.15. The van der Waals surface area contributed by atoms with Crippen molar-refractivity contribution in [3.8, 4) is 0 Å². The molecule has 5 nitrogen and oxygen atoms in total. The standard InChI is InChI=1S/C13H20N4OS/c1-9-15-16-13(19-9)17-7-5-11(6-8-17)14-12(18)10-3-2-4-10/h10-11H,2-8H2,1H3,(H,14,18). The Morgan fingerprint density at radius 3 is 2.53 bits per heavy atom. The van der Waals surface area contributed by atoms with Crippen LogP contribution in [0.5, 0.6) is 0 Å². The number of carbonyl (C=O) groups is 1. The minimum atomic E-state index is 0.274. The minimum Gasteiger partial charge on any atom is -0.353 e. The van der Waals surface area contributed by atoms with Gasteiger partial charge in [0.1, 0.15) is 5.01 Å². The first-order valence-corrected chi connectivity index (χ1v) is 7.89. The van der Waals surface area contributed by atoms with Gasteiger partial charge >= 0.3 is 0 Å². The maximum Gasteiger partial charge on any atom is 0.223 e. The molecule has 1 aromatic rings. The Balaban J connectivity index is 1.47. The van der Waals surface area contributed by atoms with E-state index >= 15 is 0 Å². The zero-order valence-corrected chi connectivity index (χ0v) is 12.1. The lowest BCUT2D eigenvalue weighted by atomic mass is 9.84. The molecule has 1 saturated heterocycles. The highest BCUT2D eigenvalue weighted by Gasteiger charge is 2.28. The molecular formula is C13H20N4OS. The van der Waals surface area contributed by atoms with Crippen LogP contribution in [-0.4, -0.2) is 35.2 Å². The van der Waals surface area contributed by atoms with Crippen molar-refractivity contribution in [3.63, 3.8) is 0 Å². The zero-order valence-electron chi connectivity index (χ0n) is 11.3. The number of anilines is 1. The summed E-state index contributed by atoms with van der Waals surface area (Å²) in [5, 5.41) is 13.5. The first kappa shape index (κ1) is 12.8. The maximum atomic E-state index is 11.9. The van der Waals surface area contributed by atoms with Crippen molar-refractivity contribution in [3.05, 3.63) is 5.01 Å². The summed E-state index contributed by atoms with van der Waals surface area (Å²) in [6, 6.07) is 0.346. The van der Waals surface area contributed by atoms with Crippen LogP contribution < -0.4 is 10.2 Å². The average molecular weight is 280 g/mol. The molecule has 1 amide bonds. The molecule has 1 N–H and O–H groups in total. The SMILES string of the molecule is Cc1nnc(N2CCC(NC(=O)C3CCC3)CC2)s1. The number of carbonyl (C=O) groups excluding carboxylic acids is 1. The second kappa shape index (κ2) is 5.45. The predicted molar refractivity (Wildman–Crippen MR) is 75.4 cm³/mol. The third kappa shape index (κ3) is 2.88. The molecule has 19 heavy (non-hydrogen) atoms. The Kier molecular flexibility index (Phi) is 3.68. The summed E-state index contributed by atoms with van der Waals surface area (Å²) in [6.45, 7) is 3.90. The van der Waals surface area contributed by atoms with E-state index in [0.717, 1.165) is 48.9 Å². The van der Waals surface area contributed by atoms with Gasteiger partial charge in [-0.15, -0.1) is 10.2 Å². The van der Waals surface area contributed by atoms with Crippen molar-refractivity contribution >= 4 is 22.4 Å². The van der Waals surface area contributed by atoms with Crippen molar-refractivity contribution in [1.82, 2.24) is 15.5 Å². The number of hydrogen-bond acceptors (Lipinski definition) is 5. The van der Waals surface area contributed by atoms with Gasteiger partial charge in [-0.25, -0.2) is 0 Å². The minimum absolute atomic E-state index is 0.274. The number of hydrogen-bond donors (Lipinski definition) is 1. The van der Waals surface area contributed by atoms with E-state index < -0.39 is 0 Å². The number of nitrogens with one attached hydrogen (secondary N) is 1. The van der Waals surface area contributed by atoms with Crippen LogP contribution in [0.15, 0.2) is 0 Å². The molecule has 2 aliphatic rings. The van der Waals surface area contributed by atoms with Crippen molar-refractivity contribution < 1.29 is 4.79 Å². The summed E-state index contributed by atoms with van der Waals surface area (Å²) in [5.74, 6) is 0.570. The largest absolute Gasteiger partial charge is 0.353 e. The summed E-state index contributed by atoms with van der Waals surface area (Å²) in [5.41, 5.74) is 0. The van der Waals surface area contributed by atoms with Crippen molar-refractivity contribution in [2.45, 2.75) is 45.1 Å². The van der Waals surface area contributed by atoms with Crippen LogP contribution in [0.2, 0.25) is 0 Å². The van der Waals surface area contributed by atoms with Gasteiger partial charge in [0.05, 0.1) is 0 Å². The Morgan fingerprint density at radius 1 is 1.26 bits per heavy atom. The molecule has 0 spiro atoms. The molecule has 1 aliphatic carbocycles. The molecule has 1 aliphatic heterocycles. The van der Waals surface area contributed by atoms with Crippen LogP contribution in [0.3, 0.4) is 0 Å². The first-order valence-electron chi connectivity index (χ1n) is 7.08. The summed E-state index contributed by atoms with van der Waals surface area (Å²) in [7, 11) is 0. The van der Waals surface area contributed by atoms with Crippen LogP contribution in [0.25, 0.3) is 0 Å². The van der Waals surface area contributed by atoms with E-state index in [2.05, 4.69) is 20.4 Å². The molecule has 3 rings (SSSR count). The Bertz CT molecular complexity index is 449. The van der Waals surface area contributed by atoms with Gasteiger partial charge in [0.15, 0.2) is 0 Å². The summed E-state index contributed by atoms with van der Waals surface area (Å²) >= 11 is 1.64. The lowest BCUT2D eigenvalue weighted by Crippen LogP contribution is -2.47. The van der Waals surface area contributed by atoms with Crippen LogP contribution >= 0.6 is 11.3 Å². The van der Waals surface area contributed by atoms with Gasteiger partial charge in [0, 0.05) is 25.0 Å². The number of rotatable bonds is 3. The fraction of sp³-hybridized carbons (Fsp3) is 0.769. The lowest BCUT2D eigenvalue weighted by Gasteiger charge is -2.33. The monoisotopic (exact) mass is 280 g/mol. The van der Waals surface area contributed by atoms with E-state index in [1.54, 1.807) is 11.3 Å². The second-order valence-corrected chi connectivity index (χ2v) is 6.66. The number of aryl methyl sites for hydroxylation is 1. The molecule has 2 heterocycles. The second-order valence-electron chi connectivity index (χ2n) is 5.50. The van der Waals surface area contributed by atoms with Crippen LogP contribution in [0.1, 0.15) is 37.1 Å². The lowest BCUT2D eigenvalue weighted by molar-refractivity contribution is -0.128. The summed E-state index contributed by atoms with van der Waals surface area (Å²) < 4.78 is 0. The van der Waals surface area contributed by atoms with Gasteiger partial charge < -0.3 is 10.2 Å². The molecule has 0 aromatic carbocycles. The smallest absolute Gasteiger partial charge is 0.223 e. The van der Waals surface area contributed by atoms with Gasteiger partial charge in [-0.2, -0.15) is 0 Å². The van der Waals surface area contributed by atoms with E-state index in [1.807, 2.05) is 6.92 Å². The number of amides is 1. The van der Waals surface area contributed by atoms with Gasteiger partial charge in [-0.05, 0) is 32.6 Å². The Labute approximate surface area is 117 Å². The van der Waals surface area contributed by atoms with Crippen molar-refractivity contribution in [2.24, 2.45) is 5.92 Å². The maximum absolute atomic E-state index is 11.9. The molecule has 2 fully saturated rings. The number of piperidine rings is 1. The molecule has 1 saturated carbocycles. The van der Waals surface area contributed by atoms with Crippen molar-refractivity contribution in [2.75, 3.05) is 18.0 Å². The van der Waals surface area contributed by atoms with Gasteiger partial charge in [-0.1, -0.05) is 17.8 Å². The molecule has 0 radical (unpaired) electrons. The predicted octanol–water partition coefficient (Wildman–Crippen LogP) is 1.73. The molecule has 0 unspecified atom stereocenters. The average Bonchev–Trinajstić information content (AvgIpc) is 2.74.